The number of carbonyl (C=O) groups is 1. The molecule has 1 unspecified atom stereocenters. The molecule has 6 nitrogen and oxygen atoms in total. The standard InChI is InChI=1S/C18H21BrN4O2.2ClH/c1-13-9-14(4-5-17(13)19)22-18(24)23-8-7-21-10-15(23)12-25-16-3-2-6-20-11-16;;/h2-6,9,11,15,21H,7-8,10,12H2,1H3,(H,22,24);2*1H. The Bertz CT molecular complexity index is 737. The Hall–Kier alpha value is -1.54. The Morgan fingerprint density at radius 1 is 1.41 bits per heavy atom. The molecule has 0 bridgehead atoms. The summed E-state index contributed by atoms with van der Waals surface area (Å²) in [6, 6.07) is 9.32. The lowest BCUT2D eigenvalue weighted by atomic mass is 10.2. The summed E-state index contributed by atoms with van der Waals surface area (Å²) in [6.45, 7) is 4.53. The van der Waals surface area contributed by atoms with Crippen LogP contribution in [-0.2, 0) is 0 Å². The molecule has 27 heavy (non-hydrogen) atoms. The molecule has 0 saturated carbocycles. The number of urea groups is 1. The van der Waals surface area contributed by atoms with Crippen LogP contribution in [-0.4, -0.2) is 48.2 Å². The predicted molar refractivity (Wildman–Crippen MR) is 115 cm³/mol. The fourth-order valence-corrected chi connectivity index (χ4v) is 2.97. The minimum atomic E-state index is -0.108. The molecule has 1 aliphatic heterocycles. The average Bonchev–Trinajstić information content (AvgIpc) is 2.64. The summed E-state index contributed by atoms with van der Waals surface area (Å²) in [6.07, 6.45) is 3.38. The van der Waals surface area contributed by atoms with Crippen LogP contribution >= 0.6 is 40.7 Å². The summed E-state index contributed by atoms with van der Waals surface area (Å²) in [5, 5.41) is 6.29. The van der Waals surface area contributed by atoms with E-state index in [0.717, 1.165) is 22.3 Å². The molecule has 0 radical (unpaired) electrons. The van der Waals surface area contributed by atoms with Gasteiger partial charge in [-0.05, 0) is 42.8 Å². The summed E-state index contributed by atoms with van der Waals surface area (Å²) in [4.78, 5) is 18.6. The van der Waals surface area contributed by atoms with E-state index < -0.39 is 0 Å². The monoisotopic (exact) mass is 476 g/mol. The second-order valence-electron chi connectivity index (χ2n) is 5.95. The first-order valence-corrected chi connectivity index (χ1v) is 9.00. The maximum absolute atomic E-state index is 12.7. The molecule has 1 aromatic heterocycles. The van der Waals surface area contributed by atoms with E-state index in [1.54, 1.807) is 12.4 Å². The van der Waals surface area contributed by atoms with Gasteiger partial charge in [0.25, 0.3) is 0 Å². The van der Waals surface area contributed by atoms with Crippen LogP contribution in [0.1, 0.15) is 5.56 Å². The van der Waals surface area contributed by atoms with Gasteiger partial charge >= 0.3 is 6.03 Å². The van der Waals surface area contributed by atoms with Crippen LogP contribution in [0.5, 0.6) is 5.75 Å². The van der Waals surface area contributed by atoms with E-state index in [2.05, 4.69) is 31.5 Å². The minimum absolute atomic E-state index is 0. The van der Waals surface area contributed by atoms with Crippen LogP contribution in [0.4, 0.5) is 10.5 Å². The zero-order chi connectivity index (χ0) is 17.6. The molecule has 2 heterocycles. The predicted octanol–water partition coefficient (Wildman–Crippen LogP) is 3.88. The third kappa shape index (κ3) is 6.53. The molecule has 1 fully saturated rings. The number of halogens is 3. The molecule has 0 spiro atoms. The first-order chi connectivity index (χ1) is 12.1. The molecule has 1 aliphatic rings. The minimum Gasteiger partial charge on any atom is -0.490 e. The summed E-state index contributed by atoms with van der Waals surface area (Å²) in [5.74, 6) is 0.706. The van der Waals surface area contributed by atoms with Crippen molar-refractivity contribution in [1.29, 1.82) is 0 Å². The van der Waals surface area contributed by atoms with Crippen LogP contribution in [0, 0.1) is 6.92 Å². The third-order valence-electron chi connectivity index (χ3n) is 4.10. The largest absolute Gasteiger partial charge is 0.490 e. The number of nitrogens with one attached hydrogen (secondary N) is 2. The number of piperazine rings is 1. The van der Waals surface area contributed by atoms with Gasteiger partial charge in [0.2, 0.25) is 0 Å². The summed E-state index contributed by atoms with van der Waals surface area (Å²) >= 11 is 3.47. The van der Waals surface area contributed by atoms with Crippen molar-refractivity contribution < 1.29 is 9.53 Å². The lowest BCUT2D eigenvalue weighted by Crippen LogP contribution is -2.57. The molecule has 1 atom stereocenters. The zero-order valence-corrected chi connectivity index (χ0v) is 18.1. The summed E-state index contributed by atoms with van der Waals surface area (Å²) < 4.78 is 6.80. The maximum Gasteiger partial charge on any atom is 0.322 e. The molecule has 0 aliphatic carbocycles. The van der Waals surface area contributed by atoms with E-state index in [4.69, 9.17) is 4.74 Å². The Morgan fingerprint density at radius 2 is 2.22 bits per heavy atom. The van der Waals surface area contributed by atoms with Crippen molar-refractivity contribution in [2.75, 3.05) is 31.6 Å². The Kier molecular flexibility index (Phi) is 9.87. The molecule has 2 N–H and O–H groups in total. The van der Waals surface area contributed by atoms with Crippen molar-refractivity contribution in [3.8, 4) is 5.75 Å². The highest BCUT2D eigenvalue weighted by Gasteiger charge is 2.27. The molecule has 9 heteroatoms. The van der Waals surface area contributed by atoms with Crippen molar-refractivity contribution >= 4 is 52.5 Å². The van der Waals surface area contributed by atoms with Gasteiger partial charge in [-0.3, -0.25) is 4.98 Å². The second-order valence-corrected chi connectivity index (χ2v) is 6.80. The molecular weight excluding hydrogens is 455 g/mol. The first-order valence-electron chi connectivity index (χ1n) is 8.21. The normalized spacial score (nSPS) is 15.9. The number of pyridine rings is 1. The smallest absolute Gasteiger partial charge is 0.322 e. The number of carbonyl (C=O) groups excluding carboxylic acids is 1. The van der Waals surface area contributed by atoms with Crippen molar-refractivity contribution in [3.05, 3.63) is 52.8 Å². The highest BCUT2D eigenvalue weighted by molar-refractivity contribution is 9.10. The van der Waals surface area contributed by atoms with Crippen molar-refractivity contribution in [3.63, 3.8) is 0 Å². The SMILES string of the molecule is Cc1cc(NC(=O)N2CCNCC2COc2cccnc2)ccc1Br.Cl.Cl. The number of hydrogen-bond acceptors (Lipinski definition) is 4. The van der Waals surface area contributed by atoms with Gasteiger partial charge < -0.3 is 20.3 Å². The van der Waals surface area contributed by atoms with E-state index in [-0.39, 0.29) is 36.9 Å². The Morgan fingerprint density at radius 3 is 2.93 bits per heavy atom. The number of hydrogen-bond donors (Lipinski definition) is 2. The van der Waals surface area contributed by atoms with E-state index in [0.29, 0.717) is 25.4 Å². The number of amides is 2. The van der Waals surface area contributed by atoms with E-state index >= 15 is 0 Å². The Balaban J connectivity index is 0.00000182. The van der Waals surface area contributed by atoms with Gasteiger partial charge in [-0.1, -0.05) is 15.9 Å². The number of rotatable bonds is 4. The fraction of sp³-hybridized carbons (Fsp3) is 0.333. The topological polar surface area (TPSA) is 66.5 Å². The van der Waals surface area contributed by atoms with Crippen LogP contribution in [0.25, 0.3) is 0 Å². The lowest BCUT2D eigenvalue weighted by Gasteiger charge is -2.35. The second kappa shape index (κ2) is 11.3. The number of nitrogens with zero attached hydrogens (tertiary/aromatic N) is 2. The molecule has 2 amide bonds. The van der Waals surface area contributed by atoms with Crippen LogP contribution in [0.15, 0.2) is 47.2 Å². The van der Waals surface area contributed by atoms with Gasteiger partial charge in [-0.2, -0.15) is 0 Å². The van der Waals surface area contributed by atoms with E-state index in [9.17, 15) is 4.79 Å². The van der Waals surface area contributed by atoms with Gasteiger partial charge in [-0.25, -0.2) is 4.79 Å². The van der Waals surface area contributed by atoms with Gasteiger partial charge in [0.15, 0.2) is 0 Å². The molecule has 1 aromatic carbocycles. The number of anilines is 1. The van der Waals surface area contributed by atoms with Crippen LogP contribution in [0.3, 0.4) is 0 Å². The quantitative estimate of drug-likeness (QED) is 0.701. The zero-order valence-electron chi connectivity index (χ0n) is 14.9. The maximum atomic E-state index is 12.7. The number of ether oxygens (including phenoxy) is 1. The summed E-state index contributed by atoms with van der Waals surface area (Å²) in [7, 11) is 0. The molecule has 1 saturated heterocycles. The van der Waals surface area contributed by atoms with Gasteiger partial charge in [0.1, 0.15) is 12.4 Å². The summed E-state index contributed by atoms with van der Waals surface area (Å²) in [5.41, 5.74) is 1.87. The number of aryl methyl sites for hydroxylation is 1. The van der Waals surface area contributed by atoms with Gasteiger partial charge in [0, 0.05) is 36.0 Å². The number of aromatic nitrogens is 1. The Labute approximate surface area is 180 Å². The van der Waals surface area contributed by atoms with E-state index in [1.807, 2.05) is 42.2 Å². The highest BCUT2D eigenvalue weighted by Crippen LogP contribution is 2.20. The highest BCUT2D eigenvalue weighted by atomic mass is 79.9. The van der Waals surface area contributed by atoms with E-state index in [1.165, 1.54) is 0 Å². The fourth-order valence-electron chi connectivity index (χ4n) is 2.72. The third-order valence-corrected chi connectivity index (χ3v) is 4.99. The van der Waals surface area contributed by atoms with Gasteiger partial charge in [0.05, 0.1) is 12.2 Å². The van der Waals surface area contributed by atoms with Crippen molar-refractivity contribution in [1.82, 2.24) is 15.2 Å². The molecule has 148 valence electrons. The molecule has 2 aromatic rings. The van der Waals surface area contributed by atoms with Crippen molar-refractivity contribution in [2.45, 2.75) is 13.0 Å². The number of benzene rings is 1. The van der Waals surface area contributed by atoms with Crippen LogP contribution < -0.4 is 15.4 Å². The van der Waals surface area contributed by atoms with Gasteiger partial charge in [-0.15, -0.1) is 24.8 Å². The van der Waals surface area contributed by atoms with Crippen molar-refractivity contribution in [2.24, 2.45) is 0 Å². The average molecular weight is 478 g/mol. The lowest BCUT2D eigenvalue weighted by molar-refractivity contribution is 0.133. The molecule has 3 rings (SSSR count). The van der Waals surface area contributed by atoms with Crippen LogP contribution in [0.2, 0.25) is 0 Å². The first kappa shape index (κ1) is 23.5. The molecular formula is C18H23BrCl2N4O2.